The fourth-order valence-corrected chi connectivity index (χ4v) is 3.64. The highest BCUT2D eigenvalue weighted by Crippen LogP contribution is 2.27. The van der Waals surface area contributed by atoms with Gasteiger partial charge < -0.3 is 20.4 Å². The molecule has 0 aromatic heterocycles. The van der Waals surface area contributed by atoms with Crippen molar-refractivity contribution >= 4 is 0 Å². The highest BCUT2D eigenvalue weighted by atomic mass is 16.3. The Hall–Kier alpha value is -0.160. The molecule has 0 aromatic rings. The van der Waals surface area contributed by atoms with Crippen molar-refractivity contribution in [3.63, 3.8) is 0 Å². The Balaban J connectivity index is 1.59. The van der Waals surface area contributed by atoms with Crippen molar-refractivity contribution in [2.45, 2.75) is 63.6 Å². The summed E-state index contributed by atoms with van der Waals surface area (Å²) in [4.78, 5) is 2.36. The maximum Gasteiger partial charge on any atom is 0.0771 e. The van der Waals surface area contributed by atoms with Crippen LogP contribution in [-0.4, -0.2) is 59.5 Å². The number of nitrogens with zero attached hydrogens (tertiary/aromatic N) is 1. The van der Waals surface area contributed by atoms with E-state index in [0.29, 0.717) is 0 Å². The van der Waals surface area contributed by atoms with Gasteiger partial charge in [-0.15, -0.1) is 0 Å². The zero-order valence-electron chi connectivity index (χ0n) is 13.0. The first-order valence-electron chi connectivity index (χ1n) is 8.41. The van der Waals surface area contributed by atoms with Crippen molar-refractivity contribution in [3.05, 3.63) is 0 Å². The lowest BCUT2D eigenvalue weighted by Gasteiger charge is -2.35. The Morgan fingerprint density at radius 3 is 2.45 bits per heavy atom. The molecule has 1 aliphatic carbocycles. The summed E-state index contributed by atoms with van der Waals surface area (Å²) in [6.45, 7) is 6.66. The third-order valence-electron chi connectivity index (χ3n) is 4.90. The number of piperidine rings is 1. The molecule has 2 rings (SSSR count). The summed E-state index contributed by atoms with van der Waals surface area (Å²) in [7, 11) is 0. The van der Waals surface area contributed by atoms with Crippen LogP contribution in [0, 0.1) is 5.92 Å². The van der Waals surface area contributed by atoms with Gasteiger partial charge in [0, 0.05) is 13.1 Å². The molecule has 118 valence electrons. The maximum atomic E-state index is 10.4. The van der Waals surface area contributed by atoms with E-state index in [2.05, 4.69) is 10.2 Å². The van der Waals surface area contributed by atoms with E-state index in [0.717, 1.165) is 51.5 Å². The maximum absolute atomic E-state index is 10.4. The van der Waals surface area contributed by atoms with Gasteiger partial charge in [-0.2, -0.15) is 0 Å². The quantitative estimate of drug-likeness (QED) is 0.689. The number of aliphatic hydroxyl groups excluding tert-OH is 1. The van der Waals surface area contributed by atoms with Crippen molar-refractivity contribution in [3.8, 4) is 0 Å². The summed E-state index contributed by atoms with van der Waals surface area (Å²) in [6, 6.07) is 0. The van der Waals surface area contributed by atoms with Crippen molar-refractivity contribution in [2.24, 2.45) is 5.92 Å². The van der Waals surface area contributed by atoms with Crippen LogP contribution in [0.15, 0.2) is 0 Å². The summed E-state index contributed by atoms with van der Waals surface area (Å²) in [5, 5.41) is 23.3. The highest BCUT2D eigenvalue weighted by Gasteiger charge is 2.29. The van der Waals surface area contributed by atoms with Gasteiger partial charge in [0.15, 0.2) is 0 Å². The fraction of sp³-hybridized carbons (Fsp3) is 1.00. The van der Waals surface area contributed by atoms with E-state index in [9.17, 15) is 10.2 Å². The minimum atomic E-state index is -0.439. The molecule has 1 heterocycles. The van der Waals surface area contributed by atoms with Crippen LogP contribution in [0.1, 0.15) is 51.9 Å². The molecule has 20 heavy (non-hydrogen) atoms. The van der Waals surface area contributed by atoms with Crippen LogP contribution < -0.4 is 5.32 Å². The van der Waals surface area contributed by atoms with E-state index in [4.69, 9.17) is 0 Å². The average molecular weight is 284 g/mol. The molecule has 1 saturated carbocycles. The van der Waals surface area contributed by atoms with Crippen LogP contribution in [0.25, 0.3) is 0 Å². The topological polar surface area (TPSA) is 55.7 Å². The van der Waals surface area contributed by atoms with Crippen LogP contribution >= 0.6 is 0 Å². The minimum absolute atomic E-state index is 0.217. The third-order valence-corrected chi connectivity index (χ3v) is 4.90. The second-order valence-electron chi connectivity index (χ2n) is 7.01. The fourth-order valence-electron chi connectivity index (χ4n) is 3.64. The molecule has 0 aromatic carbocycles. The third kappa shape index (κ3) is 5.32. The largest absolute Gasteiger partial charge is 0.392 e. The van der Waals surface area contributed by atoms with E-state index in [-0.39, 0.29) is 6.10 Å². The van der Waals surface area contributed by atoms with Crippen molar-refractivity contribution in [1.82, 2.24) is 10.2 Å². The average Bonchev–Trinajstić information content (AvgIpc) is 2.41. The number of hydrogen-bond acceptors (Lipinski definition) is 4. The van der Waals surface area contributed by atoms with Gasteiger partial charge in [0.25, 0.3) is 0 Å². The molecule has 0 unspecified atom stereocenters. The molecule has 1 aliphatic heterocycles. The summed E-state index contributed by atoms with van der Waals surface area (Å²) in [6.07, 6.45) is 7.76. The summed E-state index contributed by atoms with van der Waals surface area (Å²) in [5.74, 6) is 0.729. The standard InChI is InChI=1S/C16H32N2O2/c1-14(19)12-18-9-5-15(6-10-18)11-17-13-16(20)7-3-2-4-8-16/h14-15,17,19-20H,2-13H2,1H3/t14-/m0/s1. The van der Waals surface area contributed by atoms with E-state index in [1.807, 2.05) is 6.92 Å². The molecule has 1 saturated heterocycles. The summed E-state index contributed by atoms with van der Waals surface area (Å²) >= 11 is 0. The first kappa shape index (κ1) is 16.2. The molecule has 2 fully saturated rings. The molecule has 2 aliphatic rings. The van der Waals surface area contributed by atoms with Crippen molar-refractivity contribution in [2.75, 3.05) is 32.7 Å². The van der Waals surface area contributed by atoms with Crippen LogP contribution in [0.4, 0.5) is 0 Å². The Morgan fingerprint density at radius 1 is 1.20 bits per heavy atom. The Labute approximate surface area is 123 Å². The first-order valence-corrected chi connectivity index (χ1v) is 8.41. The number of β-amino-alcohol motifs (C(OH)–C–C–N with tert-alkyl or cyclic N) is 1. The van der Waals surface area contributed by atoms with Crippen LogP contribution in [0.5, 0.6) is 0 Å². The lowest BCUT2D eigenvalue weighted by atomic mass is 9.84. The molecule has 0 radical (unpaired) electrons. The van der Waals surface area contributed by atoms with Gasteiger partial charge in [-0.05, 0) is 58.2 Å². The van der Waals surface area contributed by atoms with E-state index < -0.39 is 5.60 Å². The van der Waals surface area contributed by atoms with Gasteiger partial charge >= 0.3 is 0 Å². The SMILES string of the molecule is C[C@H](O)CN1CCC(CNCC2(O)CCCCC2)CC1. The van der Waals surface area contributed by atoms with Gasteiger partial charge in [0.05, 0.1) is 11.7 Å². The Morgan fingerprint density at radius 2 is 1.85 bits per heavy atom. The Bertz CT molecular complexity index is 270. The predicted octanol–water partition coefficient (Wildman–Crippen LogP) is 1.36. The number of likely N-dealkylation sites (tertiary alicyclic amines) is 1. The molecule has 0 spiro atoms. The molecule has 4 nitrogen and oxygen atoms in total. The molecule has 0 bridgehead atoms. The van der Waals surface area contributed by atoms with Crippen LogP contribution in [0.3, 0.4) is 0 Å². The first-order chi connectivity index (χ1) is 9.57. The number of hydrogen-bond donors (Lipinski definition) is 3. The lowest BCUT2D eigenvalue weighted by molar-refractivity contribution is 0.00354. The number of rotatable bonds is 6. The number of aliphatic hydroxyl groups is 2. The molecule has 4 heteroatoms. The van der Waals surface area contributed by atoms with Gasteiger partial charge in [-0.25, -0.2) is 0 Å². The van der Waals surface area contributed by atoms with Crippen molar-refractivity contribution < 1.29 is 10.2 Å². The van der Waals surface area contributed by atoms with Gasteiger partial charge in [-0.1, -0.05) is 19.3 Å². The minimum Gasteiger partial charge on any atom is -0.392 e. The smallest absolute Gasteiger partial charge is 0.0771 e. The molecular formula is C16H32N2O2. The van der Waals surface area contributed by atoms with Gasteiger partial charge in [0.1, 0.15) is 0 Å². The molecule has 3 N–H and O–H groups in total. The van der Waals surface area contributed by atoms with E-state index >= 15 is 0 Å². The van der Waals surface area contributed by atoms with Gasteiger partial charge in [0.2, 0.25) is 0 Å². The second-order valence-corrected chi connectivity index (χ2v) is 7.01. The number of nitrogens with one attached hydrogen (secondary N) is 1. The monoisotopic (exact) mass is 284 g/mol. The van der Waals surface area contributed by atoms with Gasteiger partial charge in [-0.3, -0.25) is 0 Å². The van der Waals surface area contributed by atoms with E-state index in [1.165, 1.54) is 32.1 Å². The Kier molecular flexibility index (Phi) is 6.27. The molecular weight excluding hydrogens is 252 g/mol. The molecule has 0 amide bonds. The zero-order valence-corrected chi connectivity index (χ0v) is 13.0. The second kappa shape index (κ2) is 7.74. The lowest BCUT2D eigenvalue weighted by Crippen LogP contribution is -2.45. The van der Waals surface area contributed by atoms with Crippen LogP contribution in [-0.2, 0) is 0 Å². The predicted molar refractivity (Wildman–Crippen MR) is 81.7 cm³/mol. The zero-order chi connectivity index (χ0) is 14.4. The molecule has 1 atom stereocenters. The van der Waals surface area contributed by atoms with Crippen LogP contribution in [0.2, 0.25) is 0 Å². The summed E-state index contributed by atoms with van der Waals surface area (Å²) in [5.41, 5.74) is -0.439. The summed E-state index contributed by atoms with van der Waals surface area (Å²) < 4.78 is 0. The normalized spacial score (nSPS) is 26.6. The van der Waals surface area contributed by atoms with Crippen molar-refractivity contribution in [1.29, 1.82) is 0 Å². The highest BCUT2D eigenvalue weighted by molar-refractivity contribution is 4.85. The van der Waals surface area contributed by atoms with E-state index in [1.54, 1.807) is 0 Å².